The summed E-state index contributed by atoms with van der Waals surface area (Å²) in [6, 6.07) is 7.42. The van der Waals surface area contributed by atoms with Crippen LogP contribution < -0.4 is 0 Å². The van der Waals surface area contributed by atoms with Crippen LogP contribution >= 0.6 is 11.8 Å². The van der Waals surface area contributed by atoms with Gasteiger partial charge in [0.15, 0.2) is 5.78 Å². The summed E-state index contributed by atoms with van der Waals surface area (Å²) in [7, 11) is -2.86. The molecule has 0 atom stereocenters. The number of benzene rings is 1. The van der Waals surface area contributed by atoms with Gasteiger partial charge in [-0.3, -0.25) is 4.79 Å². The summed E-state index contributed by atoms with van der Waals surface area (Å²) < 4.78 is 22.6. The molecule has 0 spiro atoms. The van der Waals surface area contributed by atoms with Crippen molar-refractivity contribution in [1.29, 1.82) is 0 Å². The van der Waals surface area contributed by atoms with Gasteiger partial charge in [-0.05, 0) is 31.2 Å². The first-order valence-corrected chi connectivity index (χ1v) is 8.69. The van der Waals surface area contributed by atoms with Gasteiger partial charge >= 0.3 is 0 Å². The summed E-state index contributed by atoms with van der Waals surface area (Å²) in [5.41, 5.74) is 0.696. The Morgan fingerprint density at radius 2 is 2.06 bits per heavy atom. The lowest BCUT2D eigenvalue weighted by molar-refractivity contribution is 0.101. The third-order valence-corrected chi connectivity index (χ3v) is 5.42. The number of thioether (sulfide) groups is 1. The summed E-state index contributed by atoms with van der Waals surface area (Å²) >= 11 is 1.59. The molecule has 5 heteroatoms. The number of ketones is 1. The van der Waals surface area contributed by atoms with E-state index < -0.39 is 9.84 Å². The fourth-order valence-electron chi connectivity index (χ4n) is 1.42. The van der Waals surface area contributed by atoms with Crippen LogP contribution in [0.2, 0.25) is 0 Å². The highest BCUT2D eigenvalue weighted by molar-refractivity contribution is 7.99. The van der Waals surface area contributed by atoms with E-state index in [1.807, 2.05) is 18.2 Å². The van der Waals surface area contributed by atoms with E-state index in [4.69, 9.17) is 0 Å². The van der Waals surface area contributed by atoms with Crippen LogP contribution in [0.15, 0.2) is 29.2 Å². The van der Waals surface area contributed by atoms with Crippen molar-refractivity contribution in [1.82, 2.24) is 0 Å². The summed E-state index contributed by atoms with van der Waals surface area (Å²) in [6.45, 7) is 3.20. The molecule has 0 N–H and O–H groups in total. The third-order valence-electron chi connectivity index (χ3n) is 2.55. The first-order chi connectivity index (χ1) is 8.44. The second-order valence-electron chi connectivity index (χ2n) is 4.02. The smallest absolute Gasteiger partial charge is 0.159 e. The molecule has 0 amide bonds. The van der Waals surface area contributed by atoms with E-state index in [1.54, 1.807) is 24.8 Å². The van der Waals surface area contributed by atoms with Crippen LogP contribution in [-0.2, 0) is 9.84 Å². The van der Waals surface area contributed by atoms with Gasteiger partial charge in [0, 0.05) is 16.2 Å². The van der Waals surface area contributed by atoms with Crippen LogP contribution in [0.5, 0.6) is 0 Å². The maximum atomic E-state index is 11.3. The number of hydrogen-bond acceptors (Lipinski definition) is 4. The molecule has 0 fully saturated rings. The van der Waals surface area contributed by atoms with E-state index in [9.17, 15) is 13.2 Å². The molecule has 0 radical (unpaired) electrons. The van der Waals surface area contributed by atoms with Crippen molar-refractivity contribution in [3.63, 3.8) is 0 Å². The van der Waals surface area contributed by atoms with Gasteiger partial charge in [0.25, 0.3) is 0 Å². The van der Waals surface area contributed by atoms with Crippen molar-refractivity contribution in [2.24, 2.45) is 0 Å². The molecule has 1 aromatic rings. The molecule has 0 aromatic heterocycles. The van der Waals surface area contributed by atoms with Crippen LogP contribution in [-0.4, -0.2) is 31.5 Å². The van der Waals surface area contributed by atoms with E-state index in [-0.39, 0.29) is 17.3 Å². The Kier molecular flexibility index (Phi) is 5.88. The average molecular weight is 286 g/mol. The molecule has 0 bridgehead atoms. The maximum absolute atomic E-state index is 11.3. The predicted molar refractivity (Wildman–Crippen MR) is 76.1 cm³/mol. The van der Waals surface area contributed by atoms with Crippen LogP contribution in [0.3, 0.4) is 0 Å². The molecule has 0 heterocycles. The lowest BCUT2D eigenvalue weighted by Crippen LogP contribution is -2.09. The molecular weight excluding hydrogens is 268 g/mol. The minimum absolute atomic E-state index is 0.0472. The van der Waals surface area contributed by atoms with Crippen LogP contribution in [0, 0.1) is 0 Å². The van der Waals surface area contributed by atoms with Gasteiger partial charge in [-0.15, -0.1) is 11.8 Å². The van der Waals surface area contributed by atoms with Gasteiger partial charge in [-0.1, -0.05) is 19.1 Å². The molecule has 0 aliphatic heterocycles. The molecule has 1 rings (SSSR count). The van der Waals surface area contributed by atoms with Gasteiger partial charge in [0.1, 0.15) is 9.84 Å². The number of sulfone groups is 1. The van der Waals surface area contributed by atoms with Crippen molar-refractivity contribution in [3.05, 3.63) is 29.8 Å². The highest BCUT2D eigenvalue weighted by atomic mass is 32.2. The molecular formula is C13H18O3S2. The normalized spacial score (nSPS) is 11.4. The fraction of sp³-hybridized carbons (Fsp3) is 0.462. The molecule has 0 aliphatic carbocycles. The predicted octanol–water partition coefficient (Wildman–Crippen LogP) is 2.81. The van der Waals surface area contributed by atoms with E-state index in [0.717, 1.165) is 10.6 Å². The zero-order chi connectivity index (χ0) is 13.6. The van der Waals surface area contributed by atoms with Crippen molar-refractivity contribution in [2.45, 2.75) is 25.2 Å². The zero-order valence-electron chi connectivity index (χ0n) is 10.7. The quantitative estimate of drug-likeness (QED) is 0.439. The van der Waals surface area contributed by atoms with E-state index in [1.165, 1.54) is 6.92 Å². The largest absolute Gasteiger partial charge is 0.295 e. The molecule has 100 valence electrons. The van der Waals surface area contributed by atoms with Gasteiger partial charge in [-0.25, -0.2) is 8.42 Å². The first kappa shape index (κ1) is 15.2. The summed E-state index contributed by atoms with van der Waals surface area (Å²) in [4.78, 5) is 12.2. The van der Waals surface area contributed by atoms with E-state index in [2.05, 4.69) is 0 Å². The Bertz CT molecular complexity index is 507. The Morgan fingerprint density at radius 1 is 1.33 bits per heavy atom. The van der Waals surface area contributed by atoms with Gasteiger partial charge in [0.2, 0.25) is 0 Å². The SMILES string of the molecule is CCS(=O)(=O)CCCSc1cccc(C(C)=O)c1. The fourth-order valence-corrected chi connectivity index (χ4v) is 3.38. The number of hydrogen-bond donors (Lipinski definition) is 0. The van der Waals surface area contributed by atoms with E-state index >= 15 is 0 Å². The second-order valence-corrected chi connectivity index (χ2v) is 7.66. The van der Waals surface area contributed by atoms with Gasteiger partial charge in [-0.2, -0.15) is 0 Å². The standard InChI is InChI=1S/C13H18O3S2/c1-3-18(15,16)9-5-8-17-13-7-4-6-12(10-13)11(2)14/h4,6-7,10H,3,5,8-9H2,1-2H3. The first-order valence-electron chi connectivity index (χ1n) is 5.89. The maximum Gasteiger partial charge on any atom is 0.159 e. The van der Waals surface area contributed by atoms with Crippen molar-refractivity contribution < 1.29 is 13.2 Å². The Labute approximate surface area is 113 Å². The van der Waals surface area contributed by atoms with Crippen LogP contribution in [0.25, 0.3) is 0 Å². The molecule has 0 unspecified atom stereocenters. The molecule has 1 aromatic carbocycles. The number of Topliss-reactive ketones (excluding diaryl/α,β-unsaturated/α-hetero) is 1. The van der Waals surface area contributed by atoms with Gasteiger partial charge < -0.3 is 0 Å². The minimum Gasteiger partial charge on any atom is -0.295 e. The molecule has 0 saturated carbocycles. The second kappa shape index (κ2) is 6.95. The Hall–Kier alpha value is -0.810. The molecule has 3 nitrogen and oxygen atoms in total. The van der Waals surface area contributed by atoms with E-state index in [0.29, 0.717) is 12.0 Å². The lowest BCUT2D eigenvalue weighted by atomic mass is 10.2. The summed E-state index contributed by atoms with van der Waals surface area (Å²) in [5, 5.41) is 0. The third kappa shape index (κ3) is 5.23. The summed E-state index contributed by atoms with van der Waals surface area (Å²) in [6.07, 6.45) is 0.644. The van der Waals surface area contributed by atoms with Gasteiger partial charge in [0.05, 0.1) is 5.75 Å². The lowest BCUT2D eigenvalue weighted by Gasteiger charge is -2.03. The van der Waals surface area contributed by atoms with Crippen molar-refractivity contribution >= 4 is 27.4 Å². The number of rotatable bonds is 7. The molecule has 18 heavy (non-hydrogen) atoms. The topological polar surface area (TPSA) is 51.2 Å². The Morgan fingerprint density at radius 3 is 2.67 bits per heavy atom. The van der Waals surface area contributed by atoms with Crippen molar-refractivity contribution in [3.8, 4) is 0 Å². The number of carbonyl (C=O) groups is 1. The average Bonchev–Trinajstić information content (AvgIpc) is 2.35. The molecule has 0 saturated heterocycles. The molecule has 0 aliphatic rings. The van der Waals surface area contributed by atoms with Crippen LogP contribution in [0.4, 0.5) is 0 Å². The van der Waals surface area contributed by atoms with Crippen LogP contribution in [0.1, 0.15) is 30.6 Å². The Balaban J connectivity index is 2.45. The van der Waals surface area contributed by atoms with Crippen molar-refractivity contribution in [2.75, 3.05) is 17.3 Å². The minimum atomic E-state index is -2.86. The zero-order valence-corrected chi connectivity index (χ0v) is 12.3. The highest BCUT2D eigenvalue weighted by Gasteiger charge is 2.07. The highest BCUT2D eigenvalue weighted by Crippen LogP contribution is 2.20. The monoisotopic (exact) mass is 286 g/mol. The summed E-state index contributed by atoms with van der Waals surface area (Å²) in [5.74, 6) is 1.24. The number of carbonyl (C=O) groups excluding carboxylic acids is 1.